The van der Waals surface area contributed by atoms with Crippen molar-refractivity contribution in [1.29, 1.82) is 0 Å². The number of nitrogens with one attached hydrogen (secondary N) is 1. The van der Waals surface area contributed by atoms with E-state index in [-0.39, 0.29) is 24.9 Å². The summed E-state index contributed by atoms with van der Waals surface area (Å²) in [7, 11) is 0. The largest absolute Gasteiger partial charge is 0.456 e. The smallest absolute Gasteiger partial charge is 0.306 e. The highest BCUT2D eigenvalue weighted by atomic mass is 32.2. The SMILES string of the molecule is CSc1ccccc1NC(=O)COC(=O)CCc1ccccc1. The molecule has 0 unspecified atom stereocenters. The Morgan fingerprint density at radius 1 is 1.04 bits per heavy atom. The van der Waals surface area contributed by atoms with Crippen LogP contribution < -0.4 is 5.32 Å². The highest BCUT2D eigenvalue weighted by molar-refractivity contribution is 7.98. The molecule has 2 rings (SSSR count). The molecule has 0 aliphatic rings. The number of amides is 1. The molecular formula is C18H19NO3S. The quantitative estimate of drug-likeness (QED) is 0.624. The fourth-order valence-electron chi connectivity index (χ4n) is 2.04. The van der Waals surface area contributed by atoms with E-state index >= 15 is 0 Å². The van der Waals surface area contributed by atoms with Gasteiger partial charge in [-0.3, -0.25) is 9.59 Å². The summed E-state index contributed by atoms with van der Waals surface area (Å²) in [4.78, 5) is 24.5. The van der Waals surface area contributed by atoms with E-state index in [1.54, 1.807) is 11.8 Å². The van der Waals surface area contributed by atoms with Crippen molar-refractivity contribution in [3.8, 4) is 0 Å². The van der Waals surface area contributed by atoms with Crippen molar-refractivity contribution < 1.29 is 14.3 Å². The topological polar surface area (TPSA) is 55.4 Å². The Balaban J connectivity index is 1.74. The van der Waals surface area contributed by atoms with Gasteiger partial charge in [-0.05, 0) is 30.4 Å². The van der Waals surface area contributed by atoms with Gasteiger partial charge < -0.3 is 10.1 Å². The maximum Gasteiger partial charge on any atom is 0.306 e. The van der Waals surface area contributed by atoms with Crippen LogP contribution in [0.1, 0.15) is 12.0 Å². The van der Waals surface area contributed by atoms with Crippen LogP contribution >= 0.6 is 11.8 Å². The Kier molecular flexibility index (Phi) is 6.69. The van der Waals surface area contributed by atoms with Gasteiger partial charge in [-0.2, -0.15) is 0 Å². The highest BCUT2D eigenvalue weighted by Crippen LogP contribution is 2.24. The van der Waals surface area contributed by atoms with Gasteiger partial charge in [-0.15, -0.1) is 11.8 Å². The van der Waals surface area contributed by atoms with E-state index in [0.717, 1.165) is 16.1 Å². The number of hydrogen-bond donors (Lipinski definition) is 1. The maximum absolute atomic E-state index is 11.9. The third-order valence-corrected chi connectivity index (χ3v) is 4.00. The Bertz CT molecular complexity index is 658. The van der Waals surface area contributed by atoms with Crippen LogP contribution in [0.3, 0.4) is 0 Å². The van der Waals surface area contributed by atoms with Crippen molar-refractivity contribution in [1.82, 2.24) is 0 Å². The standard InChI is InChI=1S/C18H19NO3S/c1-23-16-10-6-5-9-15(16)19-17(20)13-22-18(21)12-11-14-7-3-2-4-8-14/h2-10H,11-13H2,1H3,(H,19,20). The molecule has 0 aliphatic heterocycles. The number of rotatable bonds is 7. The second-order valence-corrected chi connectivity index (χ2v) is 5.74. The molecule has 0 heterocycles. The lowest BCUT2D eigenvalue weighted by Crippen LogP contribution is -2.21. The first kappa shape index (κ1) is 17.1. The predicted octanol–water partition coefficient (Wildman–Crippen LogP) is 3.52. The number of ether oxygens (including phenoxy) is 1. The first-order valence-corrected chi connectivity index (χ1v) is 8.54. The number of para-hydroxylation sites is 1. The molecule has 0 aliphatic carbocycles. The summed E-state index contributed by atoms with van der Waals surface area (Å²) in [6.07, 6.45) is 2.81. The van der Waals surface area contributed by atoms with Crippen molar-refractivity contribution in [3.63, 3.8) is 0 Å². The van der Waals surface area contributed by atoms with Crippen LogP contribution in [-0.4, -0.2) is 24.7 Å². The van der Waals surface area contributed by atoms with E-state index in [4.69, 9.17) is 4.74 Å². The summed E-state index contributed by atoms with van der Waals surface area (Å²) >= 11 is 1.55. The maximum atomic E-state index is 11.9. The molecule has 1 amide bonds. The number of anilines is 1. The van der Waals surface area contributed by atoms with Crippen LogP contribution in [0.2, 0.25) is 0 Å². The number of thioether (sulfide) groups is 1. The van der Waals surface area contributed by atoms with Crippen LogP contribution in [0, 0.1) is 0 Å². The van der Waals surface area contributed by atoms with Gasteiger partial charge in [0.25, 0.3) is 5.91 Å². The average molecular weight is 329 g/mol. The lowest BCUT2D eigenvalue weighted by molar-refractivity contribution is -0.147. The Labute approximate surface area is 140 Å². The van der Waals surface area contributed by atoms with E-state index in [1.165, 1.54) is 0 Å². The molecule has 0 spiro atoms. The molecule has 5 heteroatoms. The lowest BCUT2D eigenvalue weighted by Gasteiger charge is -2.09. The summed E-state index contributed by atoms with van der Waals surface area (Å²) in [5.74, 6) is -0.707. The molecule has 0 saturated carbocycles. The van der Waals surface area contributed by atoms with E-state index in [9.17, 15) is 9.59 Å². The van der Waals surface area contributed by atoms with Crippen molar-refractivity contribution in [2.45, 2.75) is 17.7 Å². The van der Waals surface area contributed by atoms with Crippen LogP contribution in [0.15, 0.2) is 59.5 Å². The average Bonchev–Trinajstić information content (AvgIpc) is 2.59. The number of hydrogen-bond acceptors (Lipinski definition) is 4. The summed E-state index contributed by atoms with van der Waals surface area (Å²) in [6.45, 7) is -0.268. The Morgan fingerprint density at radius 2 is 1.74 bits per heavy atom. The molecule has 23 heavy (non-hydrogen) atoms. The zero-order chi connectivity index (χ0) is 16.5. The first-order valence-electron chi connectivity index (χ1n) is 7.31. The molecule has 0 saturated heterocycles. The molecule has 2 aromatic carbocycles. The molecule has 1 N–H and O–H groups in total. The second kappa shape index (κ2) is 9.00. The zero-order valence-electron chi connectivity index (χ0n) is 13.0. The van der Waals surface area contributed by atoms with Crippen molar-refractivity contribution in [2.24, 2.45) is 0 Å². The number of esters is 1. The zero-order valence-corrected chi connectivity index (χ0v) is 13.8. The molecular weight excluding hydrogens is 310 g/mol. The molecule has 0 atom stereocenters. The molecule has 0 radical (unpaired) electrons. The molecule has 0 aromatic heterocycles. The summed E-state index contributed by atoms with van der Waals surface area (Å²) in [6, 6.07) is 17.2. The van der Waals surface area contributed by atoms with Gasteiger partial charge >= 0.3 is 5.97 Å². The fraction of sp³-hybridized carbons (Fsp3) is 0.222. The fourth-order valence-corrected chi connectivity index (χ4v) is 2.60. The van der Waals surface area contributed by atoms with Gasteiger partial charge in [0.05, 0.1) is 5.69 Å². The van der Waals surface area contributed by atoms with E-state index in [1.807, 2.05) is 60.9 Å². The number of carbonyl (C=O) groups is 2. The Morgan fingerprint density at radius 3 is 2.48 bits per heavy atom. The third kappa shape index (κ3) is 5.79. The minimum absolute atomic E-state index is 0.263. The van der Waals surface area contributed by atoms with Crippen LogP contribution in [0.25, 0.3) is 0 Å². The third-order valence-electron chi connectivity index (χ3n) is 3.21. The minimum atomic E-state index is -0.373. The second-order valence-electron chi connectivity index (χ2n) is 4.89. The van der Waals surface area contributed by atoms with Gasteiger partial charge in [-0.25, -0.2) is 0 Å². The Hall–Kier alpha value is -2.27. The van der Waals surface area contributed by atoms with Gasteiger partial charge in [0, 0.05) is 11.3 Å². The van der Waals surface area contributed by atoms with Crippen LogP contribution in [0.5, 0.6) is 0 Å². The molecule has 4 nitrogen and oxygen atoms in total. The van der Waals surface area contributed by atoms with Crippen molar-refractivity contribution in [3.05, 3.63) is 60.2 Å². The first-order chi connectivity index (χ1) is 11.2. The predicted molar refractivity (Wildman–Crippen MR) is 92.6 cm³/mol. The summed E-state index contributed by atoms with van der Waals surface area (Å²) < 4.78 is 5.01. The summed E-state index contributed by atoms with van der Waals surface area (Å²) in [5, 5.41) is 2.75. The molecule has 0 bridgehead atoms. The molecule has 2 aromatic rings. The van der Waals surface area contributed by atoms with E-state index in [0.29, 0.717) is 6.42 Å². The van der Waals surface area contributed by atoms with Gasteiger partial charge in [-0.1, -0.05) is 42.5 Å². The number of aryl methyl sites for hydroxylation is 1. The highest BCUT2D eigenvalue weighted by Gasteiger charge is 2.09. The van der Waals surface area contributed by atoms with E-state index < -0.39 is 0 Å². The monoisotopic (exact) mass is 329 g/mol. The minimum Gasteiger partial charge on any atom is -0.456 e. The van der Waals surface area contributed by atoms with Crippen LogP contribution in [0.4, 0.5) is 5.69 Å². The van der Waals surface area contributed by atoms with E-state index in [2.05, 4.69) is 5.32 Å². The summed E-state index contributed by atoms with van der Waals surface area (Å²) in [5.41, 5.74) is 1.80. The lowest BCUT2D eigenvalue weighted by atomic mass is 10.1. The normalized spacial score (nSPS) is 10.1. The molecule has 0 fully saturated rings. The van der Waals surface area contributed by atoms with Crippen molar-refractivity contribution in [2.75, 3.05) is 18.2 Å². The van der Waals surface area contributed by atoms with Gasteiger partial charge in [0.15, 0.2) is 6.61 Å². The van der Waals surface area contributed by atoms with Gasteiger partial charge in [0.1, 0.15) is 0 Å². The number of benzene rings is 2. The molecule has 120 valence electrons. The van der Waals surface area contributed by atoms with Crippen LogP contribution in [-0.2, 0) is 20.7 Å². The number of carbonyl (C=O) groups excluding carboxylic acids is 2. The van der Waals surface area contributed by atoms with Gasteiger partial charge in [0.2, 0.25) is 0 Å². The van der Waals surface area contributed by atoms with Crippen molar-refractivity contribution >= 4 is 29.3 Å².